The number of carbonyl (C=O) groups excluding carboxylic acids is 1. The summed E-state index contributed by atoms with van der Waals surface area (Å²) in [7, 11) is 0. The smallest absolute Gasteiger partial charge is 0.410 e. The van der Waals surface area contributed by atoms with E-state index in [1.54, 1.807) is 0 Å². The van der Waals surface area contributed by atoms with Crippen LogP contribution in [-0.4, -0.2) is 57.0 Å². The standard InChI is InChI=1S/C24H35N5O2/c1-24(2,3)31-23(30)28-13-9-20(10-14-28)25-16-21-15-22-11-12-27(18-29(22)26-21)17-19-7-5-4-6-8-19/h4-8,15,20,25H,9-14,16-18H2,1-3H3. The Morgan fingerprint density at radius 2 is 1.90 bits per heavy atom. The van der Waals surface area contributed by atoms with E-state index in [0.29, 0.717) is 6.04 Å². The van der Waals surface area contributed by atoms with Crippen molar-refractivity contribution in [3.8, 4) is 0 Å². The third-order valence-electron chi connectivity index (χ3n) is 5.90. The van der Waals surface area contributed by atoms with Crippen LogP contribution in [0.15, 0.2) is 36.4 Å². The van der Waals surface area contributed by atoms with Gasteiger partial charge in [0.2, 0.25) is 0 Å². The van der Waals surface area contributed by atoms with Crippen LogP contribution in [0.1, 0.15) is 50.6 Å². The zero-order valence-electron chi connectivity index (χ0n) is 19.0. The van der Waals surface area contributed by atoms with Gasteiger partial charge in [0.15, 0.2) is 0 Å². The molecule has 7 nitrogen and oxygen atoms in total. The van der Waals surface area contributed by atoms with Crippen LogP contribution in [0.4, 0.5) is 4.79 Å². The highest BCUT2D eigenvalue weighted by Crippen LogP contribution is 2.18. The van der Waals surface area contributed by atoms with Crippen molar-refractivity contribution in [1.29, 1.82) is 0 Å². The van der Waals surface area contributed by atoms with Gasteiger partial charge in [0, 0.05) is 50.9 Å². The number of carbonyl (C=O) groups is 1. The van der Waals surface area contributed by atoms with Crippen LogP contribution in [0.25, 0.3) is 0 Å². The van der Waals surface area contributed by atoms with E-state index in [-0.39, 0.29) is 6.09 Å². The maximum absolute atomic E-state index is 12.2. The third kappa shape index (κ3) is 6.08. The summed E-state index contributed by atoms with van der Waals surface area (Å²) in [5, 5.41) is 8.48. The number of fused-ring (bicyclic) bond motifs is 1. The van der Waals surface area contributed by atoms with Crippen LogP contribution in [0.3, 0.4) is 0 Å². The Kier molecular flexibility index (Phi) is 6.62. The molecule has 2 aromatic rings. The summed E-state index contributed by atoms with van der Waals surface area (Å²) in [5.74, 6) is 0. The molecule has 1 amide bonds. The average molecular weight is 426 g/mol. The second kappa shape index (κ2) is 9.40. The van der Waals surface area contributed by atoms with Crippen LogP contribution in [0.5, 0.6) is 0 Å². The van der Waals surface area contributed by atoms with Gasteiger partial charge in [0.25, 0.3) is 0 Å². The molecule has 168 valence electrons. The molecular formula is C24H35N5O2. The van der Waals surface area contributed by atoms with Gasteiger partial charge < -0.3 is 15.0 Å². The summed E-state index contributed by atoms with van der Waals surface area (Å²) in [6, 6.07) is 13.3. The molecule has 2 aliphatic heterocycles. The fraction of sp³-hybridized carbons (Fsp3) is 0.583. The lowest BCUT2D eigenvalue weighted by Gasteiger charge is -2.33. The highest BCUT2D eigenvalue weighted by atomic mass is 16.6. The molecule has 1 fully saturated rings. The summed E-state index contributed by atoms with van der Waals surface area (Å²) in [4.78, 5) is 16.5. The fourth-order valence-corrected chi connectivity index (χ4v) is 4.27. The number of nitrogens with one attached hydrogen (secondary N) is 1. The topological polar surface area (TPSA) is 62.6 Å². The van der Waals surface area contributed by atoms with Gasteiger partial charge in [-0.25, -0.2) is 4.79 Å². The van der Waals surface area contributed by atoms with Crippen molar-refractivity contribution in [2.75, 3.05) is 19.6 Å². The first kappa shape index (κ1) is 21.8. The lowest BCUT2D eigenvalue weighted by molar-refractivity contribution is 0.0198. The number of ether oxygens (including phenoxy) is 1. The lowest BCUT2D eigenvalue weighted by atomic mass is 10.1. The monoisotopic (exact) mass is 425 g/mol. The number of rotatable bonds is 5. The second-order valence-electron chi connectivity index (χ2n) is 9.68. The molecule has 2 aliphatic rings. The minimum absolute atomic E-state index is 0.201. The maximum atomic E-state index is 12.2. The highest BCUT2D eigenvalue weighted by Gasteiger charge is 2.27. The van der Waals surface area contributed by atoms with Crippen LogP contribution >= 0.6 is 0 Å². The van der Waals surface area contributed by atoms with Crippen molar-refractivity contribution in [3.63, 3.8) is 0 Å². The zero-order chi connectivity index (χ0) is 21.8. The Hall–Kier alpha value is -2.38. The molecule has 0 aliphatic carbocycles. The van der Waals surface area contributed by atoms with Crippen LogP contribution < -0.4 is 5.32 Å². The predicted octanol–water partition coefficient (Wildman–Crippen LogP) is 3.39. The molecule has 1 N–H and O–H groups in total. The van der Waals surface area contributed by atoms with Gasteiger partial charge in [-0.3, -0.25) is 9.58 Å². The molecule has 4 rings (SSSR count). The van der Waals surface area contributed by atoms with E-state index in [0.717, 1.165) is 64.3 Å². The molecule has 0 saturated carbocycles. The molecule has 0 radical (unpaired) electrons. The van der Waals surface area contributed by atoms with Crippen molar-refractivity contribution in [2.45, 2.75) is 71.4 Å². The van der Waals surface area contributed by atoms with Gasteiger partial charge in [0.1, 0.15) is 5.60 Å². The van der Waals surface area contributed by atoms with E-state index in [4.69, 9.17) is 9.84 Å². The van der Waals surface area contributed by atoms with Crippen molar-refractivity contribution in [3.05, 3.63) is 53.3 Å². The minimum atomic E-state index is -0.441. The van der Waals surface area contributed by atoms with Crippen LogP contribution in [0, 0.1) is 0 Å². The van der Waals surface area contributed by atoms with E-state index in [1.807, 2.05) is 25.7 Å². The molecule has 7 heteroatoms. The molecule has 31 heavy (non-hydrogen) atoms. The molecule has 0 unspecified atom stereocenters. The summed E-state index contributed by atoms with van der Waals surface area (Å²) in [6.07, 6.45) is 2.72. The minimum Gasteiger partial charge on any atom is -0.444 e. The van der Waals surface area contributed by atoms with Crippen LogP contribution in [0.2, 0.25) is 0 Å². The maximum Gasteiger partial charge on any atom is 0.410 e. The van der Waals surface area contributed by atoms with E-state index >= 15 is 0 Å². The second-order valence-corrected chi connectivity index (χ2v) is 9.68. The molecule has 1 saturated heterocycles. The zero-order valence-corrected chi connectivity index (χ0v) is 19.0. The molecule has 1 aromatic heterocycles. The molecule has 3 heterocycles. The predicted molar refractivity (Wildman–Crippen MR) is 120 cm³/mol. The van der Waals surface area contributed by atoms with Gasteiger partial charge in [-0.15, -0.1) is 0 Å². The first-order valence-electron chi connectivity index (χ1n) is 11.4. The van der Waals surface area contributed by atoms with Gasteiger partial charge in [-0.2, -0.15) is 5.10 Å². The number of amides is 1. The van der Waals surface area contributed by atoms with Crippen molar-refractivity contribution >= 4 is 6.09 Å². The molecule has 1 aromatic carbocycles. The number of piperidine rings is 1. The molecular weight excluding hydrogens is 390 g/mol. The van der Waals surface area contributed by atoms with Gasteiger partial charge >= 0.3 is 6.09 Å². The van der Waals surface area contributed by atoms with Crippen molar-refractivity contribution in [1.82, 2.24) is 24.9 Å². The normalized spacial score (nSPS) is 18.1. The van der Waals surface area contributed by atoms with Gasteiger partial charge in [-0.05, 0) is 45.2 Å². The number of likely N-dealkylation sites (tertiary alicyclic amines) is 1. The summed E-state index contributed by atoms with van der Waals surface area (Å²) in [6.45, 7) is 10.8. The molecule has 0 spiro atoms. The Bertz CT molecular complexity index is 866. The van der Waals surface area contributed by atoms with Crippen LogP contribution in [-0.2, 0) is 30.9 Å². The number of aromatic nitrogens is 2. The summed E-state index contributed by atoms with van der Waals surface area (Å²) < 4.78 is 7.63. The largest absolute Gasteiger partial charge is 0.444 e. The Morgan fingerprint density at radius 3 is 2.61 bits per heavy atom. The van der Waals surface area contributed by atoms with Gasteiger partial charge in [-0.1, -0.05) is 30.3 Å². The number of hydrogen-bond donors (Lipinski definition) is 1. The van der Waals surface area contributed by atoms with E-state index in [1.165, 1.54) is 11.3 Å². The Labute approximate surface area is 185 Å². The van der Waals surface area contributed by atoms with E-state index in [2.05, 4.69) is 51.3 Å². The third-order valence-corrected chi connectivity index (χ3v) is 5.90. The molecule has 0 atom stereocenters. The van der Waals surface area contributed by atoms with E-state index < -0.39 is 5.60 Å². The van der Waals surface area contributed by atoms with E-state index in [9.17, 15) is 4.79 Å². The van der Waals surface area contributed by atoms with Crippen molar-refractivity contribution < 1.29 is 9.53 Å². The Morgan fingerprint density at radius 1 is 1.16 bits per heavy atom. The average Bonchev–Trinajstić information content (AvgIpc) is 3.14. The van der Waals surface area contributed by atoms with Gasteiger partial charge in [0.05, 0.1) is 12.4 Å². The number of nitrogens with zero attached hydrogens (tertiary/aromatic N) is 4. The number of benzene rings is 1. The SMILES string of the molecule is CC(C)(C)OC(=O)N1CCC(NCc2cc3n(n2)CN(Cc2ccccc2)CC3)CC1. The quantitative estimate of drug-likeness (QED) is 0.796. The van der Waals surface area contributed by atoms with Crippen molar-refractivity contribution in [2.24, 2.45) is 0 Å². The summed E-state index contributed by atoms with van der Waals surface area (Å²) in [5.41, 5.74) is 3.33. The fourth-order valence-electron chi connectivity index (χ4n) is 4.27. The number of hydrogen-bond acceptors (Lipinski definition) is 5. The Balaban J connectivity index is 1.23. The lowest BCUT2D eigenvalue weighted by Crippen LogP contribution is -2.46. The first-order valence-corrected chi connectivity index (χ1v) is 11.4. The molecule has 0 bridgehead atoms. The summed E-state index contributed by atoms with van der Waals surface area (Å²) >= 11 is 0. The highest BCUT2D eigenvalue weighted by molar-refractivity contribution is 5.68. The first-order chi connectivity index (χ1) is 14.9.